The molecule has 0 saturated carbocycles. The predicted molar refractivity (Wildman–Crippen MR) is 86.4 cm³/mol. The molecule has 2 heterocycles. The Balaban J connectivity index is 1.95. The maximum Gasteiger partial charge on any atom is 0.168 e. The molecule has 0 atom stereocenters. The number of nitrogens with zero attached hydrogens (tertiary/aromatic N) is 5. The van der Waals surface area contributed by atoms with E-state index in [1.54, 1.807) is 13.4 Å². The van der Waals surface area contributed by atoms with Crippen LogP contribution in [0.1, 0.15) is 6.42 Å². The summed E-state index contributed by atoms with van der Waals surface area (Å²) in [6, 6.07) is 9.98. The zero-order valence-electron chi connectivity index (χ0n) is 12.8. The molecule has 22 heavy (non-hydrogen) atoms. The number of hydrogen-bond donors (Lipinski definition) is 0. The molecule has 0 radical (unpaired) electrons. The fourth-order valence-electron chi connectivity index (χ4n) is 2.45. The van der Waals surface area contributed by atoms with E-state index in [1.165, 1.54) is 0 Å². The summed E-state index contributed by atoms with van der Waals surface area (Å²) in [5.41, 5.74) is 1.80. The van der Waals surface area contributed by atoms with Crippen molar-refractivity contribution in [3.05, 3.63) is 42.9 Å². The molecule has 1 aromatic carbocycles. The molecule has 0 saturated heterocycles. The number of methoxy groups -OCH3 is 1. The van der Waals surface area contributed by atoms with Crippen LogP contribution in [-0.4, -0.2) is 47.1 Å². The molecule has 0 unspecified atom stereocenters. The van der Waals surface area contributed by atoms with Gasteiger partial charge in [0.1, 0.15) is 12.1 Å². The molecule has 3 rings (SSSR count). The number of benzene rings is 1. The molecule has 114 valence electrons. The van der Waals surface area contributed by atoms with Crippen molar-refractivity contribution in [3.8, 4) is 5.69 Å². The lowest BCUT2D eigenvalue weighted by atomic mass is 10.3. The summed E-state index contributed by atoms with van der Waals surface area (Å²) in [6.07, 6.45) is 4.36. The van der Waals surface area contributed by atoms with Gasteiger partial charge in [-0.2, -0.15) is 5.10 Å². The summed E-state index contributed by atoms with van der Waals surface area (Å²) in [5.74, 6) is 0.892. The van der Waals surface area contributed by atoms with Crippen LogP contribution in [-0.2, 0) is 4.74 Å². The van der Waals surface area contributed by atoms with Gasteiger partial charge < -0.3 is 9.64 Å². The van der Waals surface area contributed by atoms with Crippen LogP contribution in [0.25, 0.3) is 16.7 Å². The van der Waals surface area contributed by atoms with Crippen LogP contribution in [0.4, 0.5) is 5.82 Å². The quantitative estimate of drug-likeness (QED) is 0.653. The van der Waals surface area contributed by atoms with E-state index in [0.29, 0.717) is 0 Å². The molecule has 0 fully saturated rings. The Hall–Kier alpha value is -2.47. The van der Waals surface area contributed by atoms with Crippen molar-refractivity contribution in [1.82, 2.24) is 19.7 Å². The normalized spacial score (nSPS) is 11.0. The Kier molecular flexibility index (Phi) is 4.29. The number of para-hydroxylation sites is 1. The number of anilines is 1. The molecule has 6 heteroatoms. The van der Waals surface area contributed by atoms with Gasteiger partial charge in [0.05, 0.1) is 17.3 Å². The molecule has 2 aromatic heterocycles. The third-order valence-electron chi connectivity index (χ3n) is 3.55. The van der Waals surface area contributed by atoms with Crippen LogP contribution in [0.3, 0.4) is 0 Å². The Morgan fingerprint density at radius 3 is 2.77 bits per heavy atom. The first kappa shape index (κ1) is 14.5. The first-order chi connectivity index (χ1) is 10.8. The second-order valence-electron chi connectivity index (χ2n) is 5.09. The van der Waals surface area contributed by atoms with Crippen molar-refractivity contribution in [2.24, 2.45) is 0 Å². The number of aromatic nitrogens is 4. The van der Waals surface area contributed by atoms with Crippen LogP contribution in [0, 0.1) is 0 Å². The SMILES string of the molecule is COCCCN(C)c1ncnc2c1cnn2-c1ccccc1. The highest BCUT2D eigenvalue weighted by Gasteiger charge is 2.13. The summed E-state index contributed by atoms with van der Waals surface area (Å²) in [5, 5.41) is 5.42. The minimum Gasteiger partial charge on any atom is -0.385 e. The molecule has 0 aliphatic heterocycles. The first-order valence-electron chi connectivity index (χ1n) is 7.25. The number of ether oxygens (including phenoxy) is 1. The third kappa shape index (κ3) is 2.78. The lowest BCUT2D eigenvalue weighted by Gasteiger charge is -2.18. The van der Waals surface area contributed by atoms with Gasteiger partial charge in [0.25, 0.3) is 0 Å². The average Bonchev–Trinajstić information content (AvgIpc) is 2.99. The van der Waals surface area contributed by atoms with Gasteiger partial charge in [0, 0.05) is 27.3 Å². The maximum atomic E-state index is 5.10. The zero-order chi connectivity index (χ0) is 15.4. The smallest absolute Gasteiger partial charge is 0.168 e. The first-order valence-corrected chi connectivity index (χ1v) is 7.25. The summed E-state index contributed by atoms with van der Waals surface area (Å²) in [6.45, 7) is 1.61. The van der Waals surface area contributed by atoms with E-state index >= 15 is 0 Å². The van der Waals surface area contributed by atoms with Crippen molar-refractivity contribution >= 4 is 16.9 Å². The summed E-state index contributed by atoms with van der Waals surface area (Å²) in [7, 11) is 3.74. The number of fused-ring (bicyclic) bond motifs is 1. The fraction of sp³-hybridized carbons (Fsp3) is 0.312. The van der Waals surface area contributed by atoms with Gasteiger partial charge in [-0.15, -0.1) is 0 Å². The molecule has 0 amide bonds. The molecule has 0 spiro atoms. The Morgan fingerprint density at radius 2 is 2.00 bits per heavy atom. The highest BCUT2D eigenvalue weighted by atomic mass is 16.5. The topological polar surface area (TPSA) is 56.1 Å². The van der Waals surface area contributed by atoms with Crippen molar-refractivity contribution < 1.29 is 4.74 Å². The Bertz CT molecular complexity index is 741. The monoisotopic (exact) mass is 297 g/mol. The van der Waals surface area contributed by atoms with Crippen LogP contribution >= 0.6 is 0 Å². The van der Waals surface area contributed by atoms with E-state index < -0.39 is 0 Å². The van der Waals surface area contributed by atoms with Gasteiger partial charge in [0.15, 0.2) is 5.65 Å². The lowest BCUT2D eigenvalue weighted by Crippen LogP contribution is -2.21. The van der Waals surface area contributed by atoms with Crippen molar-refractivity contribution in [2.45, 2.75) is 6.42 Å². The second-order valence-corrected chi connectivity index (χ2v) is 5.09. The maximum absolute atomic E-state index is 5.10. The van der Waals surface area contributed by atoms with E-state index in [9.17, 15) is 0 Å². The lowest BCUT2D eigenvalue weighted by molar-refractivity contribution is 0.196. The molecule has 0 aliphatic carbocycles. The van der Waals surface area contributed by atoms with Gasteiger partial charge in [0.2, 0.25) is 0 Å². The largest absolute Gasteiger partial charge is 0.385 e. The molecule has 3 aromatic rings. The van der Waals surface area contributed by atoms with Crippen LogP contribution in [0.2, 0.25) is 0 Å². The van der Waals surface area contributed by atoms with Gasteiger partial charge in [-0.3, -0.25) is 0 Å². The second kappa shape index (κ2) is 6.53. The minimum atomic E-state index is 0.738. The molecule has 0 bridgehead atoms. The van der Waals surface area contributed by atoms with E-state index in [0.717, 1.165) is 42.1 Å². The fourth-order valence-corrected chi connectivity index (χ4v) is 2.45. The molecule has 0 N–H and O–H groups in total. The van der Waals surface area contributed by atoms with Crippen molar-refractivity contribution in [2.75, 3.05) is 32.2 Å². The molecular formula is C16H19N5O. The van der Waals surface area contributed by atoms with Gasteiger partial charge in [-0.25, -0.2) is 14.6 Å². The number of hydrogen-bond acceptors (Lipinski definition) is 5. The van der Waals surface area contributed by atoms with E-state index in [2.05, 4.69) is 20.0 Å². The average molecular weight is 297 g/mol. The Morgan fingerprint density at radius 1 is 1.18 bits per heavy atom. The van der Waals surface area contributed by atoms with E-state index in [-0.39, 0.29) is 0 Å². The molecule has 0 aliphatic rings. The van der Waals surface area contributed by atoms with Crippen LogP contribution < -0.4 is 4.90 Å². The standard InChI is InChI=1S/C16H19N5O/c1-20(9-6-10-22-2)15-14-11-19-21(16(14)18-12-17-15)13-7-4-3-5-8-13/h3-5,7-8,11-12H,6,9-10H2,1-2H3. The Labute approximate surface area is 129 Å². The highest BCUT2D eigenvalue weighted by Crippen LogP contribution is 2.23. The highest BCUT2D eigenvalue weighted by molar-refractivity contribution is 5.87. The minimum absolute atomic E-state index is 0.738. The van der Waals surface area contributed by atoms with Gasteiger partial charge in [-0.05, 0) is 18.6 Å². The van der Waals surface area contributed by atoms with E-state index in [1.807, 2.05) is 48.3 Å². The predicted octanol–water partition coefficient (Wildman–Crippen LogP) is 2.29. The van der Waals surface area contributed by atoms with Crippen LogP contribution in [0.15, 0.2) is 42.9 Å². The van der Waals surface area contributed by atoms with Crippen molar-refractivity contribution in [1.29, 1.82) is 0 Å². The molecule has 6 nitrogen and oxygen atoms in total. The van der Waals surface area contributed by atoms with E-state index in [4.69, 9.17) is 4.74 Å². The third-order valence-corrected chi connectivity index (χ3v) is 3.55. The van der Waals surface area contributed by atoms with Crippen molar-refractivity contribution in [3.63, 3.8) is 0 Å². The summed E-state index contributed by atoms with van der Waals surface area (Å²) < 4.78 is 6.94. The summed E-state index contributed by atoms with van der Waals surface area (Å²) in [4.78, 5) is 10.9. The van der Waals surface area contributed by atoms with Gasteiger partial charge in [-0.1, -0.05) is 18.2 Å². The number of rotatable bonds is 6. The summed E-state index contributed by atoms with van der Waals surface area (Å²) >= 11 is 0. The van der Waals surface area contributed by atoms with Crippen LogP contribution in [0.5, 0.6) is 0 Å². The van der Waals surface area contributed by atoms with Gasteiger partial charge >= 0.3 is 0 Å². The molecular weight excluding hydrogens is 278 g/mol. The zero-order valence-corrected chi connectivity index (χ0v) is 12.8.